The third-order valence-corrected chi connectivity index (χ3v) is 25.0. The van der Waals surface area contributed by atoms with Crippen molar-refractivity contribution in [2.75, 3.05) is 26.4 Å². The molecule has 10 N–H and O–H groups in total. The average molecular weight is 1740 g/mol. The smallest absolute Gasteiger partial charge is 0.463 e. The molecule has 0 spiro atoms. The molecule has 706 valence electrons. The van der Waals surface area contributed by atoms with Crippen LogP contribution in [0.15, 0.2) is 12.2 Å². The fraction of sp³-hybridized carbons (Fsp3) is 0.936. The van der Waals surface area contributed by atoms with Crippen LogP contribution in [0, 0.1) is 0 Å². The first kappa shape index (κ1) is 111. The number of rotatable bonds is 80. The van der Waals surface area contributed by atoms with E-state index in [0.717, 1.165) is 141 Å². The molecule has 3 fully saturated rings. The molecule has 120 heavy (non-hydrogen) atoms. The molecule has 25 nitrogen and oxygen atoms in total. The number of hydrogen-bond donors (Lipinski definition) is 10. The topological polar surface area (TPSA) is 380 Å². The first-order valence-electron chi connectivity index (χ1n) is 48.9. The van der Waals surface area contributed by atoms with Gasteiger partial charge in [0.15, 0.2) is 24.8 Å². The molecule has 0 bridgehead atoms. The van der Waals surface area contributed by atoms with Gasteiger partial charge in [-0.1, -0.05) is 367 Å². The normalized spacial score (nSPS) is 24.7. The Kier molecular flexibility index (Phi) is 67.9. The minimum Gasteiger partial charge on any atom is -0.463 e. The maximum Gasteiger partial charge on any atom is 0.472 e. The summed E-state index contributed by atoms with van der Waals surface area (Å²) in [4.78, 5) is 66.6. The minimum atomic E-state index is -5.81. The molecule has 0 radical (unpaired) electrons. The van der Waals surface area contributed by atoms with E-state index < -0.39 is 162 Å². The quantitative estimate of drug-likeness (QED) is 0.00889. The zero-order valence-corrected chi connectivity index (χ0v) is 76.3. The minimum absolute atomic E-state index is 0.0191. The highest BCUT2D eigenvalue weighted by molar-refractivity contribution is 7.47. The first-order chi connectivity index (χ1) is 58.2. The highest BCUT2D eigenvalue weighted by Gasteiger charge is 2.60. The van der Waals surface area contributed by atoms with Crippen LogP contribution < -0.4 is 0 Å². The summed E-state index contributed by atoms with van der Waals surface area (Å²) in [6.45, 7) is 5.63. The number of aliphatic hydroxyl groups excluding tert-OH is 9. The Morgan fingerprint density at radius 2 is 0.625 bits per heavy atom. The van der Waals surface area contributed by atoms with Gasteiger partial charge in [-0.3, -0.25) is 28.2 Å². The zero-order valence-electron chi connectivity index (χ0n) is 75.4. The van der Waals surface area contributed by atoms with Crippen molar-refractivity contribution < 1.29 is 122 Å². The van der Waals surface area contributed by atoms with Gasteiger partial charge in [-0.05, 0) is 51.4 Å². The van der Waals surface area contributed by atoms with Crippen LogP contribution >= 0.6 is 7.82 Å². The van der Waals surface area contributed by atoms with Crippen LogP contribution in [-0.4, -0.2) is 205 Å². The van der Waals surface area contributed by atoms with E-state index in [1.54, 1.807) is 0 Å². The van der Waals surface area contributed by atoms with E-state index in [1.165, 1.54) is 199 Å². The van der Waals surface area contributed by atoms with Gasteiger partial charge in [-0.15, -0.1) is 0 Å². The molecule has 0 aromatic carbocycles. The predicted octanol–water partition coefficient (Wildman–Crippen LogP) is 18.7. The number of aliphatic hydroxyl groups is 9. The highest BCUT2D eigenvalue weighted by Crippen LogP contribution is 2.49. The molecule has 3 rings (SSSR count). The Morgan fingerprint density at radius 3 is 1.00 bits per heavy atom. The molecule has 1 aliphatic carbocycles. The van der Waals surface area contributed by atoms with Gasteiger partial charge in [0.1, 0.15) is 92.6 Å². The van der Waals surface area contributed by atoms with Crippen molar-refractivity contribution in [3.63, 3.8) is 0 Å². The Morgan fingerprint density at radius 1 is 0.325 bits per heavy atom. The number of ether oxygens (including phenoxy) is 8. The van der Waals surface area contributed by atoms with Gasteiger partial charge in [0.2, 0.25) is 0 Å². The third kappa shape index (κ3) is 52.5. The summed E-state index contributed by atoms with van der Waals surface area (Å²) in [5, 5.41) is 102. The SMILES string of the molecule is CCCCCC/C=C\CCCCCCCCCC(=O)OC(COC(=O)CCCCCCCCCCCCCCCCC)COP(=O)(O)OC1C(OC2OC(CO)C(O)C(O)C2O)C(O)C(O)C(OC(=O)CCCCCCCCCCCCCCCCCC)C1OC1OC(COC(=O)CCCCCCCCCCCCCCCCC)C(O)C(O)C1O. The van der Waals surface area contributed by atoms with E-state index in [-0.39, 0.29) is 25.7 Å². The van der Waals surface area contributed by atoms with E-state index in [2.05, 4.69) is 39.8 Å². The van der Waals surface area contributed by atoms with Crippen LogP contribution in [0.1, 0.15) is 432 Å². The summed E-state index contributed by atoms with van der Waals surface area (Å²) >= 11 is 0. The number of carbonyl (C=O) groups is 4. The van der Waals surface area contributed by atoms with Crippen molar-refractivity contribution in [3.8, 4) is 0 Å². The van der Waals surface area contributed by atoms with Gasteiger partial charge in [-0.2, -0.15) is 0 Å². The maximum atomic E-state index is 14.9. The maximum absolute atomic E-state index is 14.9. The van der Waals surface area contributed by atoms with Gasteiger partial charge in [0, 0.05) is 25.7 Å². The van der Waals surface area contributed by atoms with Gasteiger partial charge in [0.25, 0.3) is 0 Å². The summed E-state index contributed by atoms with van der Waals surface area (Å²) in [5.74, 6) is -2.95. The van der Waals surface area contributed by atoms with Gasteiger partial charge in [-0.25, -0.2) is 4.57 Å². The van der Waals surface area contributed by atoms with E-state index in [9.17, 15) is 74.6 Å². The molecular formula is C94H175O25P. The van der Waals surface area contributed by atoms with E-state index in [0.29, 0.717) is 38.5 Å². The Hall–Kier alpha value is -2.79. The number of unbranched alkanes of at least 4 members (excludes halogenated alkanes) is 54. The molecular weight excluding hydrogens is 1560 g/mol. The van der Waals surface area contributed by atoms with Crippen LogP contribution in [0.3, 0.4) is 0 Å². The second-order valence-electron chi connectivity index (χ2n) is 34.9. The predicted molar refractivity (Wildman–Crippen MR) is 467 cm³/mol. The third-order valence-electron chi connectivity index (χ3n) is 24.0. The molecule has 0 aromatic heterocycles. The van der Waals surface area contributed by atoms with E-state index in [4.69, 9.17) is 46.9 Å². The highest BCUT2D eigenvalue weighted by atomic mass is 31.2. The number of phosphoric acid groups is 1. The lowest BCUT2D eigenvalue weighted by molar-refractivity contribution is -0.360. The van der Waals surface area contributed by atoms with Crippen molar-refractivity contribution in [1.82, 2.24) is 0 Å². The van der Waals surface area contributed by atoms with E-state index in [1.807, 2.05) is 0 Å². The molecule has 0 amide bonds. The fourth-order valence-electron chi connectivity index (χ4n) is 16.3. The summed E-state index contributed by atoms with van der Waals surface area (Å²) in [6.07, 6.45) is 33.1. The van der Waals surface area contributed by atoms with Crippen LogP contribution in [0.2, 0.25) is 0 Å². The lowest BCUT2D eigenvalue weighted by atomic mass is 9.84. The molecule has 3 aliphatic rings. The molecule has 18 unspecified atom stereocenters. The summed E-state index contributed by atoms with van der Waals surface area (Å²) in [5.41, 5.74) is 0. The Labute approximate surface area is 724 Å². The van der Waals surface area contributed by atoms with Gasteiger partial charge in [0.05, 0.1) is 13.2 Å². The molecule has 1 saturated carbocycles. The van der Waals surface area contributed by atoms with Crippen molar-refractivity contribution >= 4 is 31.7 Å². The summed E-state index contributed by atoms with van der Waals surface area (Å²) < 4.78 is 73.6. The number of phosphoric ester groups is 1. The largest absolute Gasteiger partial charge is 0.472 e. The van der Waals surface area contributed by atoms with Crippen LogP contribution in [0.5, 0.6) is 0 Å². The standard InChI is InChI=1S/C94H175O25P/c1-5-9-13-17-21-25-29-33-37-41-45-49-53-57-61-65-69-80(99)116-89-85(104)86(105)90(117-93-87(106)83(102)81(100)75(70-95)114-93)92(91(89)118-94-88(107)84(103)82(101)76(115-94)73-111-78(97)67-63-59-55-51-47-43-39-35-31-27-23-19-15-11-7-3)119-120(108,109)112-72-74(113-79(98)68-64-60-56-52-48-44-40-36-32-28-24-20-16-12-8-4)71-110-77(96)66-62-58-54-50-46-42-38-34-30-26-22-18-14-10-6-2/h28,32,74-76,81-95,100-107H,5-27,29-31,33-73H2,1-4H3,(H,108,109)/b32-28-. The van der Waals surface area contributed by atoms with Crippen molar-refractivity contribution in [2.24, 2.45) is 0 Å². The van der Waals surface area contributed by atoms with Crippen LogP contribution in [0.25, 0.3) is 0 Å². The average Bonchev–Trinajstić information content (AvgIpc) is 0.752. The zero-order chi connectivity index (χ0) is 87.5. The number of hydrogen-bond acceptors (Lipinski definition) is 24. The van der Waals surface area contributed by atoms with Crippen LogP contribution in [-0.2, 0) is 70.7 Å². The number of esters is 4. The van der Waals surface area contributed by atoms with Crippen LogP contribution in [0.4, 0.5) is 0 Å². The number of allylic oxidation sites excluding steroid dienone is 2. The summed E-state index contributed by atoms with van der Waals surface area (Å²) in [7, 11) is -5.81. The molecule has 2 aliphatic heterocycles. The second-order valence-corrected chi connectivity index (χ2v) is 36.4. The van der Waals surface area contributed by atoms with Gasteiger partial charge < -0.3 is 88.7 Å². The lowest BCUT2D eigenvalue weighted by Crippen LogP contribution is -2.70. The fourth-order valence-corrected chi connectivity index (χ4v) is 17.2. The Balaban J connectivity index is 1.90. The lowest BCUT2D eigenvalue weighted by Gasteiger charge is -2.50. The second kappa shape index (κ2) is 73.2. The molecule has 26 heteroatoms. The van der Waals surface area contributed by atoms with Crippen molar-refractivity contribution in [2.45, 2.75) is 536 Å². The molecule has 2 saturated heterocycles. The van der Waals surface area contributed by atoms with Crippen molar-refractivity contribution in [3.05, 3.63) is 12.2 Å². The monoisotopic (exact) mass is 1740 g/mol. The van der Waals surface area contributed by atoms with E-state index >= 15 is 0 Å². The number of carbonyl (C=O) groups excluding carboxylic acids is 4. The Bertz CT molecular complexity index is 2530. The molecule has 0 aromatic rings. The first-order valence-corrected chi connectivity index (χ1v) is 50.4. The van der Waals surface area contributed by atoms with Gasteiger partial charge >= 0.3 is 31.7 Å². The molecule has 2 heterocycles. The molecule has 18 atom stereocenters. The van der Waals surface area contributed by atoms with Crippen molar-refractivity contribution in [1.29, 1.82) is 0 Å². The summed E-state index contributed by atoms with van der Waals surface area (Å²) in [6, 6.07) is 0.